The fraction of sp³-hybridized carbons (Fsp3) is 0.292. The molecule has 1 heterocycles. The van der Waals surface area contributed by atoms with Crippen LogP contribution in [0.5, 0.6) is 0 Å². The van der Waals surface area contributed by atoms with Crippen LogP contribution in [0, 0.1) is 12.3 Å². The lowest BCUT2D eigenvalue weighted by atomic mass is 10.0. The van der Waals surface area contributed by atoms with Crippen molar-refractivity contribution in [3.63, 3.8) is 0 Å². The zero-order chi connectivity index (χ0) is 22.4. The molecule has 0 saturated carbocycles. The largest absolute Gasteiger partial charge is 0.306 e. The highest BCUT2D eigenvalue weighted by Crippen LogP contribution is 2.25. The topological polar surface area (TPSA) is 63.1 Å². The van der Waals surface area contributed by atoms with Crippen LogP contribution < -0.4 is 5.32 Å². The number of hydrogen-bond acceptors (Lipinski definition) is 5. The summed E-state index contributed by atoms with van der Waals surface area (Å²) in [5, 5.41) is 12.2. The third kappa shape index (κ3) is 5.67. The van der Waals surface area contributed by atoms with Crippen molar-refractivity contribution in [2.24, 2.45) is 0 Å². The summed E-state index contributed by atoms with van der Waals surface area (Å²) in [7, 11) is 3.95. The highest BCUT2D eigenvalue weighted by atomic mass is 79.9. The van der Waals surface area contributed by atoms with Crippen LogP contribution in [0.15, 0.2) is 53.0 Å². The monoisotopic (exact) mass is 479 g/mol. The van der Waals surface area contributed by atoms with E-state index in [1.807, 2.05) is 79.0 Å². The maximum absolute atomic E-state index is 13.4. The first-order valence-corrected chi connectivity index (χ1v) is 10.8. The second-order valence-electron chi connectivity index (χ2n) is 7.65. The van der Waals surface area contributed by atoms with Gasteiger partial charge in [-0.3, -0.25) is 9.36 Å². The summed E-state index contributed by atoms with van der Waals surface area (Å²) in [6.45, 7) is 3.10. The Kier molecular flexibility index (Phi) is 7.75. The van der Waals surface area contributed by atoms with E-state index in [9.17, 15) is 4.79 Å². The first-order chi connectivity index (χ1) is 14.9. The van der Waals surface area contributed by atoms with Crippen molar-refractivity contribution in [2.45, 2.75) is 32.5 Å². The van der Waals surface area contributed by atoms with E-state index in [2.05, 4.69) is 37.4 Å². The van der Waals surface area contributed by atoms with E-state index in [0.29, 0.717) is 30.6 Å². The molecular formula is C24H26BrN5O. The molecular weight excluding hydrogens is 454 g/mol. The molecule has 0 amide bonds. The Labute approximate surface area is 191 Å². The third-order valence-corrected chi connectivity index (χ3v) is 5.26. The van der Waals surface area contributed by atoms with E-state index >= 15 is 0 Å². The quantitative estimate of drug-likeness (QED) is 0.373. The summed E-state index contributed by atoms with van der Waals surface area (Å²) in [4.78, 5) is 15.4. The Morgan fingerprint density at radius 2 is 1.90 bits per heavy atom. The van der Waals surface area contributed by atoms with E-state index in [1.54, 1.807) is 0 Å². The maximum atomic E-state index is 13.4. The lowest BCUT2D eigenvalue weighted by molar-refractivity contribution is 0.103. The zero-order valence-corrected chi connectivity index (χ0v) is 19.6. The second kappa shape index (κ2) is 10.5. The molecule has 0 saturated heterocycles. The van der Waals surface area contributed by atoms with Gasteiger partial charge < -0.3 is 10.2 Å². The predicted molar refractivity (Wildman–Crippen MR) is 126 cm³/mol. The first kappa shape index (κ1) is 22.9. The number of aromatic nitrogens is 3. The summed E-state index contributed by atoms with van der Waals surface area (Å²) >= 11 is 3.51. The van der Waals surface area contributed by atoms with Crippen LogP contribution in [0.3, 0.4) is 0 Å². The maximum Gasteiger partial charge on any atom is 0.195 e. The smallest absolute Gasteiger partial charge is 0.195 e. The van der Waals surface area contributed by atoms with Gasteiger partial charge in [0.1, 0.15) is 0 Å². The fourth-order valence-electron chi connectivity index (χ4n) is 3.28. The lowest BCUT2D eigenvalue weighted by Crippen LogP contribution is -2.27. The number of carbonyl (C=O) groups is 1. The summed E-state index contributed by atoms with van der Waals surface area (Å²) < 4.78 is 2.80. The van der Waals surface area contributed by atoms with Crippen molar-refractivity contribution in [2.75, 3.05) is 14.1 Å². The van der Waals surface area contributed by atoms with Crippen LogP contribution in [0.4, 0.5) is 0 Å². The van der Waals surface area contributed by atoms with Gasteiger partial charge in [0.15, 0.2) is 17.4 Å². The molecule has 0 fully saturated rings. The van der Waals surface area contributed by atoms with Gasteiger partial charge in [0.2, 0.25) is 0 Å². The molecule has 1 unspecified atom stereocenters. The normalized spacial score (nSPS) is 12.0. The van der Waals surface area contributed by atoms with Gasteiger partial charge in [-0.1, -0.05) is 46.3 Å². The van der Waals surface area contributed by atoms with Gasteiger partial charge in [0.25, 0.3) is 0 Å². The molecule has 160 valence electrons. The van der Waals surface area contributed by atoms with Gasteiger partial charge in [-0.15, -0.1) is 22.5 Å². The van der Waals surface area contributed by atoms with Crippen molar-refractivity contribution in [3.8, 4) is 18.0 Å². The molecule has 0 spiro atoms. The first-order valence-electron chi connectivity index (χ1n) is 10.0. The Bertz CT molecular complexity index is 1090. The summed E-state index contributed by atoms with van der Waals surface area (Å²) in [6.07, 6.45) is 6.05. The highest BCUT2D eigenvalue weighted by molar-refractivity contribution is 9.10. The highest BCUT2D eigenvalue weighted by Gasteiger charge is 2.21. The molecule has 3 rings (SSSR count). The van der Waals surface area contributed by atoms with Gasteiger partial charge in [-0.25, -0.2) is 0 Å². The number of ketones is 1. The van der Waals surface area contributed by atoms with Gasteiger partial charge in [0.05, 0.1) is 18.8 Å². The molecule has 0 aliphatic rings. The van der Waals surface area contributed by atoms with Gasteiger partial charge in [-0.05, 0) is 39.2 Å². The Balaban J connectivity index is 2.09. The number of hydrogen-bond donors (Lipinski definition) is 1. The van der Waals surface area contributed by atoms with Crippen LogP contribution in [0.25, 0.3) is 5.69 Å². The molecule has 0 radical (unpaired) electrons. The molecule has 2 aromatic carbocycles. The summed E-state index contributed by atoms with van der Waals surface area (Å²) in [5.74, 6) is 4.10. The standard InChI is InChI=1S/C24H26BrN5O/c1-5-9-17(2)26-15-22-27-28-23(16-29(3)4)30(22)21-13-12-19(25)14-20(21)24(31)18-10-7-6-8-11-18/h1,6-8,10-14,17,26H,9,15-16H2,2-4H3. The van der Waals surface area contributed by atoms with E-state index < -0.39 is 0 Å². The number of rotatable bonds is 9. The zero-order valence-electron chi connectivity index (χ0n) is 18.0. The van der Waals surface area contributed by atoms with Gasteiger partial charge >= 0.3 is 0 Å². The molecule has 1 N–H and O–H groups in total. The summed E-state index contributed by atoms with van der Waals surface area (Å²) in [5.41, 5.74) is 1.96. The Hall–Kier alpha value is -2.79. The van der Waals surface area contributed by atoms with Crippen LogP contribution >= 0.6 is 15.9 Å². The van der Waals surface area contributed by atoms with Crippen molar-refractivity contribution in [3.05, 3.63) is 75.8 Å². The van der Waals surface area contributed by atoms with Crippen molar-refractivity contribution in [1.82, 2.24) is 25.0 Å². The third-order valence-electron chi connectivity index (χ3n) is 4.77. The molecule has 6 nitrogen and oxygen atoms in total. The number of carbonyl (C=O) groups excluding carboxylic acids is 1. The SMILES string of the molecule is C#CCC(C)NCc1nnc(CN(C)C)n1-c1ccc(Br)cc1C(=O)c1ccccc1. The Morgan fingerprint density at radius 1 is 1.19 bits per heavy atom. The minimum Gasteiger partial charge on any atom is -0.306 e. The lowest BCUT2D eigenvalue weighted by Gasteiger charge is -2.18. The number of halogens is 1. The Morgan fingerprint density at radius 3 is 2.58 bits per heavy atom. The van der Waals surface area contributed by atoms with Crippen LogP contribution in [0.1, 0.15) is 40.9 Å². The number of terminal acetylenes is 1. The van der Waals surface area contributed by atoms with Gasteiger partial charge in [0, 0.05) is 28.1 Å². The van der Waals surface area contributed by atoms with E-state index in [4.69, 9.17) is 6.42 Å². The predicted octanol–water partition coefficient (Wildman–Crippen LogP) is 3.82. The van der Waals surface area contributed by atoms with E-state index in [1.165, 1.54) is 0 Å². The summed E-state index contributed by atoms with van der Waals surface area (Å²) in [6, 6.07) is 15.1. The van der Waals surface area contributed by atoms with Crippen molar-refractivity contribution < 1.29 is 4.79 Å². The van der Waals surface area contributed by atoms with Crippen LogP contribution in [-0.2, 0) is 13.1 Å². The molecule has 0 aliphatic heterocycles. The van der Waals surface area contributed by atoms with E-state index in [0.717, 1.165) is 21.8 Å². The minimum atomic E-state index is -0.0546. The van der Waals surface area contributed by atoms with Crippen molar-refractivity contribution in [1.29, 1.82) is 0 Å². The van der Waals surface area contributed by atoms with Crippen molar-refractivity contribution >= 4 is 21.7 Å². The molecule has 7 heteroatoms. The molecule has 31 heavy (non-hydrogen) atoms. The second-order valence-corrected chi connectivity index (χ2v) is 8.57. The van der Waals surface area contributed by atoms with Crippen LogP contribution in [-0.4, -0.2) is 45.6 Å². The number of benzene rings is 2. The fourth-order valence-corrected chi connectivity index (χ4v) is 3.64. The number of nitrogens with zero attached hydrogens (tertiary/aromatic N) is 4. The van der Waals surface area contributed by atoms with E-state index in [-0.39, 0.29) is 11.8 Å². The average molecular weight is 480 g/mol. The molecule has 0 bridgehead atoms. The average Bonchev–Trinajstić information content (AvgIpc) is 3.14. The molecule has 1 aromatic heterocycles. The number of nitrogens with one attached hydrogen (secondary N) is 1. The molecule has 0 aliphatic carbocycles. The minimum absolute atomic E-state index is 0.0546. The van der Waals surface area contributed by atoms with Gasteiger partial charge in [-0.2, -0.15) is 0 Å². The molecule has 1 atom stereocenters. The van der Waals surface area contributed by atoms with Crippen LogP contribution in [0.2, 0.25) is 0 Å². The molecule has 3 aromatic rings.